The SMILES string of the molecule is COc1cc(-c2c(C)noc2C)ccc1-c1nc2ccccn2c1NC1CCCCC1. The number of aryl methyl sites for hydroxylation is 2. The first-order valence-electron chi connectivity index (χ1n) is 11.0. The van der Waals surface area contributed by atoms with Gasteiger partial charge in [0.05, 0.1) is 12.8 Å². The zero-order valence-corrected chi connectivity index (χ0v) is 18.3. The van der Waals surface area contributed by atoms with E-state index in [4.69, 9.17) is 14.2 Å². The van der Waals surface area contributed by atoms with Crippen LogP contribution in [0.2, 0.25) is 0 Å². The van der Waals surface area contributed by atoms with Crippen LogP contribution in [0.3, 0.4) is 0 Å². The lowest BCUT2D eigenvalue weighted by molar-refractivity contribution is 0.393. The van der Waals surface area contributed by atoms with Gasteiger partial charge in [0.15, 0.2) is 0 Å². The van der Waals surface area contributed by atoms with Crippen LogP contribution < -0.4 is 10.1 Å². The Morgan fingerprint density at radius 3 is 2.68 bits per heavy atom. The summed E-state index contributed by atoms with van der Waals surface area (Å²) in [5.74, 6) is 2.62. The molecule has 6 heteroatoms. The van der Waals surface area contributed by atoms with Gasteiger partial charge >= 0.3 is 0 Å². The van der Waals surface area contributed by atoms with Gasteiger partial charge < -0.3 is 14.6 Å². The smallest absolute Gasteiger partial charge is 0.141 e. The predicted molar refractivity (Wildman–Crippen MR) is 123 cm³/mol. The van der Waals surface area contributed by atoms with Gasteiger partial charge in [0.25, 0.3) is 0 Å². The summed E-state index contributed by atoms with van der Waals surface area (Å²) >= 11 is 0. The highest BCUT2D eigenvalue weighted by molar-refractivity contribution is 5.83. The van der Waals surface area contributed by atoms with E-state index in [1.54, 1.807) is 7.11 Å². The molecular formula is C25H28N4O2. The first kappa shape index (κ1) is 19.7. The van der Waals surface area contributed by atoms with Crippen LogP contribution in [-0.4, -0.2) is 27.7 Å². The highest BCUT2D eigenvalue weighted by atomic mass is 16.5. The number of rotatable bonds is 5. The van der Waals surface area contributed by atoms with Gasteiger partial charge in [-0.1, -0.05) is 36.6 Å². The Hall–Kier alpha value is -3.28. The van der Waals surface area contributed by atoms with Crippen LogP contribution in [0.25, 0.3) is 28.0 Å². The van der Waals surface area contributed by atoms with E-state index in [0.717, 1.165) is 51.1 Å². The van der Waals surface area contributed by atoms with E-state index in [0.29, 0.717) is 6.04 Å². The molecule has 0 unspecified atom stereocenters. The Balaban J connectivity index is 1.62. The van der Waals surface area contributed by atoms with Gasteiger partial charge in [-0.3, -0.25) is 4.40 Å². The summed E-state index contributed by atoms with van der Waals surface area (Å²) in [7, 11) is 1.71. The molecule has 5 rings (SSSR count). The number of ether oxygens (including phenoxy) is 1. The molecule has 0 spiro atoms. The lowest BCUT2D eigenvalue weighted by Gasteiger charge is -2.24. The molecular weight excluding hydrogens is 388 g/mol. The van der Waals surface area contributed by atoms with Gasteiger partial charge in [0.2, 0.25) is 0 Å². The summed E-state index contributed by atoms with van der Waals surface area (Å²) in [4.78, 5) is 4.97. The van der Waals surface area contributed by atoms with Crippen molar-refractivity contribution in [2.75, 3.05) is 12.4 Å². The molecule has 1 aliphatic rings. The van der Waals surface area contributed by atoms with Crippen molar-refractivity contribution < 1.29 is 9.26 Å². The van der Waals surface area contributed by atoms with Crippen molar-refractivity contribution in [2.24, 2.45) is 0 Å². The summed E-state index contributed by atoms with van der Waals surface area (Å²) in [5.41, 5.74) is 5.73. The molecule has 0 amide bonds. The number of hydrogen-bond donors (Lipinski definition) is 1. The normalized spacial score (nSPS) is 14.8. The molecule has 0 bridgehead atoms. The molecule has 1 saturated carbocycles. The third-order valence-electron chi connectivity index (χ3n) is 6.25. The Kier molecular flexibility index (Phi) is 5.14. The monoisotopic (exact) mass is 416 g/mol. The predicted octanol–water partition coefficient (Wildman–Crippen LogP) is 6.03. The lowest BCUT2D eigenvalue weighted by atomic mass is 9.95. The van der Waals surface area contributed by atoms with Crippen LogP contribution in [-0.2, 0) is 0 Å². The molecule has 160 valence electrons. The van der Waals surface area contributed by atoms with Crippen molar-refractivity contribution in [2.45, 2.75) is 52.0 Å². The lowest BCUT2D eigenvalue weighted by Crippen LogP contribution is -2.23. The number of imidazole rings is 1. The average Bonchev–Trinajstić information content (AvgIpc) is 3.33. The van der Waals surface area contributed by atoms with E-state index in [2.05, 4.69) is 39.3 Å². The Bertz CT molecular complexity index is 1200. The van der Waals surface area contributed by atoms with Gasteiger partial charge in [-0.2, -0.15) is 0 Å². The zero-order chi connectivity index (χ0) is 21.4. The standard InChI is InChI=1S/C25H28N4O2/c1-16-23(17(2)31-28-16)18-12-13-20(21(15-18)30-3)24-25(26-19-9-5-4-6-10-19)29-14-8-7-11-22(29)27-24/h7-8,11-15,19,26H,4-6,9-10H2,1-3H3. The molecule has 0 atom stereocenters. The number of methoxy groups -OCH3 is 1. The van der Waals surface area contributed by atoms with Gasteiger partial charge in [-0.15, -0.1) is 0 Å². The van der Waals surface area contributed by atoms with Gasteiger partial charge in [0.1, 0.15) is 28.7 Å². The fourth-order valence-electron chi connectivity index (χ4n) is 4.70. The topological polar surface area (TPSA) is 64.6 Å². The first-order valence-corrected chi connectivity index (χ1v) is 11.0. The Labute approximate surface area is 182 Å². The fraction of sp³-hybridized carbons (Fsp3) is 0.360. The maximum atomic E-state index is 5.83. The second kappa shape index (κ2) is 8.10. The highest BCUT2D eigenvalue weighted by Gasteiger charge is 2.22. The second-order valence-corrected chi connectivity index (χ2v) is 8.33. The van der Waals surface area contributed by atoms with E-state index in [-0.39, 0.29) is 0 Å². The van der Waals surface area contributed by atoms with Crippen molar-refractivity contribution in [3.63, 3.8) is 0 Å². The van der Waals surface area contributed by atoms with E-state index in [9.17, 15) is 0 Å². The van der Waals surface area contributed by atoms with E-state index >= 15 is 0 Å². The summed E-state index contributed by atoms with van der Waals surface area (Å²) in [6, 6.07) is 12.8. The summed E-state index contributed by atoms with van der Waals surface area (Å²) in [6.45, 7) is 3.89. The van der Waals surface area contributed by atoms with Gasteiger partial charge in [-0.05, 0) is 56.5 Å². The third kappa shape index (κ3) is 3.56. The number of nitrogens with zero attached hydrogens (tertiary/aromatic N) is 3. The molecule has 31 heavy (non-hydrogen) atoms. The molecule has 3 aromatic heterocycles. The highest BCUT2D eigenvalue weighted by Crippen LogP contribution is 2.39. The number of fused-ring (bicyclic) bond motifs is 1. The molecule has 1 fully saturated rings. The fourth-order valence-corrected chi connectivity index (χ4v) is 4.70. The number of aromatic nitrogens is 3. The number of nitrogens with one attached hydrogen (secondary N) is 1. The second-order valence-electron chi connectivity index (χ2n) is 8.33. The third-order valence-corrected chi connectivity index (χ3v) is 6.25. The molecule has 1 aliphatic carbocycles. The van der Waals surface area contributed by atoms with Crippen LogP contribution in [0.15, 0.2) is 47.1 Å². The molecule has 4 aromatic rings. The summed E-state index contributed by atoms with van der Waals surface area (Å²) < 4.78 is 13.3. The molecule has 0 saturated heterocycles. The molecule has 0 radical (unpaired) electrons. The van der Waals surface area contributed by atoms with E-state index in [1.165, 1.54) is 32.1 Å². The number of anilines is 1. The Morgan fingerprint density at radius 1 is 1.10 bits per heavy atom. The van der Waals surface area contributed by atoms with Crippen LogP contribution in [0.1, 0.15) is 43.6 Å². The summed E-state index contributed by atoms with van der Waals surface area (Å²) in [6.07, 6.45) is 8.35. The summed E-state index contributed by atoms with van der Waals surface area (Å²) in [5, 5.41) is 7.90. The molecule has 6 nitrogen and oxygen atoms in total. The number of hydrogen-bond acceptors (Lipinski definition) is 5. The van der Waals surface area contributed by atoms with Crippen molar-refractivity contribution >= 4 is 11.5 Å². The number of pyridine rings is 1. The van der Waals surface area contributed by atoms with Crippen LogP contribution in [0.5, 0.6) is 5.75 Å². The molecule has 1 aromatic carbocycles. The van der Waals surface area contributed by atoms with Crippen molar-refractivity contribution in [1.82, 2.24) is 14.5 Å². The van der Waals surface area contributed by atoms with E-state index in [1.807, 2.05) is 32.0 Å². The quantitative estimate of drug-likeness (QED) is 0.430. The van der Waals surface area contributed by atoms with Crippen molar-refractivity contribution in [3.05, 3.63) is 54.0 Å². The maximum absolute atomic E-state index is 5.83. The maximum Gasteiger partial charge on any atom is 0.141 e. The largest absolute Gasteiger partial charge is 0.496 e. The van der Waals surface area contributed by atoms with Crippen molar-refractivity contribution in [1.29, 1.82) is 0 Å². The molecule has 1 N–H and O–H groups in total. The first-order chi connectivity index (χ1) is 15.2. The van der Waals surface area contributed by atoms with Crippen LogP contribution in [0.4, 0.5) is 5.82 Å². The van der Waals surface area contributed by atoms with Crippen LogP contribution >= 0.6 is 0 Å². The average molecular weight is 417 g/mol. The van der Waals surface area contributed by atoms with Gasteiger partial charge in [0, 0.05) is 23.4 Å². The van der Waals surface area contributed by atoms with Crippen LogP contribution in [0, 0.1) is 13.8 Å². The van der Waals surface area contributed by atoms with E-state index < -0.39 is 0 Å². The number of benzene rings is 1. The van der Waals surface area contributed by atoms with Gasteiger partial charge in [-0.25, -0.2) is 4.98 Å². The minimum absolute atomic E-state index is 0.472. The van der Waals surface area contributed by atoms with Crippen molar-refractivity contribution in [3.8, 4) is 28.1 Å². The molecule has 0 aliphatic heterocycles. The minimum Gasteiger partial charge on any atom is -0.496 e. The Morgan fingerprint density at radius 2 is 1.94 bits per heavy atom. The minimum atomic E-state index is 0.472. The molecule has 3 heterocycles. The zero-order valence-electron chi connectivity index (χ0n) is 18.3.